The predicted octanol–water partition coefficient (Wildman–Crippen LogP) is 2.41. The first-order valence-electron chi connectivity index (χ1n) is 7.24. The first-order valence-corrected chi connectivity index (χ1v) is 7.24. The van der Waals surface area contributed by atoms with Crippen LogP contribution in [0.25, 0.3) is 0 Å². The van der Waals surface area contributed by atoms with Crippen LogP contribution < -0.4 is 0 Å². The van der Waals surface area contributed by atoms with E-state index in [1.54, 1.807) is 17.0 Å². The zero-order chi connectivity index (χ0) is 14.8. The quantitative estimate of drug-likeness (QED) is 0.942. The summed E-state index contributed by atoms with van der Waals surface area (Å²) in [5.41, 5.74) is 1.12. The van der Waals surface area contributed by atoms with E-state index in [-0.39, 0.29) is 11.9 Å². The van der Waals surface area contributed by atoms with Crippen LogP contribution in [0.4, 0.5) is 0 Å². The lowest BCUT2D eigenvalue weighted by Crippen LogP contribution is -2.41. The molecule has 1 aromatic carbocycles. The fraction of sp³-hybridized carbons (Fsp3) is 0.353. The van der Waals surface area contributed by atoms with E-state index in [9.17, 15) is 9.90 Å². The normalized spacial score (nSPS) is 21.7. The molecule has 0 spiro atoms. The van der Waals surface area contributed by atoms with Gasteiger partial charge in [-0.1, -0.05) is 30.3 Å². The van der Waals surface area contributed by atoms with Crippen LogP contribution in [-0.2, 0) is 6.42 Å². The van der Waals surface area contributed by atoms with Crippen LogP contribution in [0.2, 0.25) is 0 Å². The average Bonchev–Trinajstić information content (AvgIpc) is 3.07. The second-order valence-electron chi connectivity index (χ2n) is 5.52. The number of amides is 1. The molecule has 110 valence electrons. The maximum absolute atomic E-state index is 12.5. The second-order valence-corrected chi connectivity index (χ2v) is 5.52. The molecule has 1 aliphatic rings. The summed E-state index contributed by atoms with van der Waals surface area (Å²) in [7, 11) is 0. The average molecular weight is 285 g/mol. The van der Waals surface area contributed by atoms with Crippen molar-refractivity contribution in [3.05, 3.63) is 59.5 Å². The van der Waals surface area contributed by atoms with E-state index in [4.69, 9.17) is 4.42 Å². The Balaban J connectivity index is 1.79. The van der Waals surface area contributed by atoms with E-state index < -0.39 is 6.10 Å². The van der Waals surface area contributed by atoms with Crippen molar-refractivity contribution in [3.63, 3.8) is 0 Å². The van der Waals surface area contributed by atoms with Gasteiger partial charge in [0.05, 0.1) is 12.1 Å². The number of aryl methyl sites for hydroxylation is 1. The van der Waals surface area contributed by atoms with Crippen LogP contribution in [-0.4, -0.2) is 34.6 Å². The summed E-state index contributed by atoms with van der Waals surface area (Å²) in [5, 5.41) is 10.2. The minimum absolute atomic E-state index is 0.138. The van der Waals surface area contributed by atoms with Gasteiger partial charge < -0.3 is 14.4 Å². The molecule has 1 aromatic heterocycles. The molecule has 4 heteroatoms. The van der Waals surface area contributed by atoms with Crippen molar-refractivity contribution in [1.29, 1.82) is 0 Å². The zero-order valence-electron chi connectivity index (χ0n) is 12.0. The summed E-state index contributed by atoms with van der Waals surface area (Å²) >= 11 is 0. The van der Waals surface area contributed by atoms with E-state index in [1.807, 2.05) is 37.3 Å². The molecule has 2 aromatic rings. The highest BCUT2D eigenvalue weighted by Gasteiger charge is 2.37. The Kier molecular flexibility index (Phi) is 3.80. The van der Waals surface area contributed by atoms with Crippen LogP contribution in [0.3, 0.4) is 0 Å². The minimum atomic E-state index is -0.481. The highest BCUT2D eigenvalue weighted by molar-refractivity contribution is 5.92. The fourth-order valence-corrected chi connectivity index (χ4v) is 2.88. The maximum atomic E-state index is 12.5. The zero-order valence-corrected chi connectivity index (χ0v) is 12.0. The number of hydrogen-bond donors (Lipinski definition) is 1. The lowest BCUT2D eigenvalue weighted by atomic mass is 10.0. The van der Waals surface area contributed by atoms with E-state index in [0.717, 1.165) is 11.3 Å². The number of nitrogens with zero attached hydrogens (tertiary/aromatic N) is 1. The summed E-state index contributed by atoms with van der Waals surface area (Å²) in [4.78, 5) is 14.3. The molecule has 0 aliphatic carbocycles. The van der Waals surface area contributed by atoms with E-state index in [2.05, 4.69) is 0 Å². The van der Waals surface area contributed by atoms with Crippen molar-refractivity contribution in [2.45, 2.75) is 31.9 Å². The Morgan fingerprint density at radius 1 is 1.29 bits per heavy atom. The third-order valence-corrected chi connectivity index (χ3v) is 4.01. The van der Waals surface area contributed by atoms with Gasteiger partial charge in [0, 0.05) is 6.54 Å². The van der Waals surface area contributed by atoms with Crippen LogP contribution in [0.5, 0.6) is 0 Å². The molecular formula is C17H19NO3. The molecule has 1 saturated heterocycles. The maximum Gasteiger partial charge on any atom is 0.289 e. The lowest BCUT2D eigenvalue weighted by molar-refractivity contribution is 0.0609. The van der Waals surface area contributed by atoms with Gasteiger partial charge in [0.1, 0.15) is 5.76 Å². The highest BCUT2D eigenvalue weighted by atomic mass is 16.4. The monoisotopic (exact) mass is 285 g/mol. The molecule has 2 heterocycles. The first kappa shape index (κ1) is 13.9. The van der Waals surface area contributed by atoms with Gasteiger partial charge >= 0.3 is 0 Å². The Bertz CT molecular complexity index is 620. The van der Waals surface area contributed by atoms with Crippen molar-refractivity contribution in [2.75, 3.05) is 6.54 Å². The first-order chi connectivity index (χ1) is 10.1. The Hall–Kier alpha value is -2.07. The Labute approximate surface area is 124 Å². The number of rotatable bonds is 3. The fourth-order valence-electron chi connectivity index (χ4n) is 2.88. The Morgan fingerprint density at radius 3 is 2.71 bits per heavy atom. The molecule has 2 atom stereocenters. The van der Waals surface area contributed by atoms with Crippen LogP contribution in [0, 0.1) is 6.92 Å². The highest BCUT2D eigenvalue weighted by Crippen LogP contribution is 2.24. The molecule has 0 radical (unpaired) electrons. The molecule has 0 unspecified atom stereocenters. The largest absolute Gasteiger partial charge is 0.456 e. The van der Waals surface area contributed by atoms with E-state index >= 15 is 0 Å². The number of likely N-dealkylation sites (tertiary alicyclic amines) is 1. The number of carbonyl (C=O) groups excluding carboxylic acids is 1. The molecule has 1 N–H and O–H groups in total. The molecule has 0 saturated carbocycles. The lowest BCUT2D eigenvalue weighted by Gasteiger charge is -2.25. The summed E-state index contributed by atoms with van der Waals surface area (Å²) < 4.78 is 5.42. The number of furan rings is 1. The molecule has 21 heavy (non-hydrogen) atoms. The molecular weight excluding hydrogens is 266 g/mol. The van der Waals surface area contributed by atoms with E-state index in [1.165, 1.54) is 0 Å². The number of carbonyl (C=O) groups is 1. The van der Waals surface area contributed by atoms with Gasteiger partial charge in [-0.15, -0.1) is 0 Å². The summed E-state index contributed by atoms with van der Waals surface area (Å²) in [6.45, 7) is 2.38. The molecule has 1 aliphatic heterocycles. The standard InChI is InChI=1S/C17H19NO3/c1-12-7-8-16(21-12)17(20)18-10-9-15(19)14(18)11-13-5-3-2-4-6-13/h2-8,14-15,19H,9-11H2,1H3/t14-,15+/m0/s1. The van der Waals surface area contributed by atoms with Crippen LogP contribution in [0.15, 0.2) is 46.9 Å². The number of hydrogen-bond acceptors (Lipinski definition) is 3. The number of benzene rings is 1. The molecule has 3 rings (SSSR count). The Morgan fingerprint density at radius 2 is 2.05 bits per heavy atom. The smallest absolute Gasteiger partial charge is 0.289 e. The summed E-state index contributed by atoms with van der Waals surface area (Å²) in [6, 6.07) is 13.2. The third kappa shape index (κ3) is 2.85. The van der Waals surface area contributed by atoms with Crippen molar-refractivity contribution >= 4 is 5.91 Å². The summed E-state index contributed by atoms with van der Waals surface area (Å²) in [5.74, 6) is 0.929. The second kappa shape index (κ2) is 5.74. The van der Waals surface area contributed by atoms with Crippen LogP contribution in [0.1, 0.15) is 28.3 Å². The molecule has 1 fully saturated rings. The van der Waals surface area contributed by atoms with Crippen molar-refractivity contribution in [3.8, 4) is 0 Å². The molecule has 1 amide bonds. The van der Waals surface area contributed by atoms with Gasteiger partial charge in [0.15, 0.2) is 5.76 Å². The van der Waals surface area contributed by atoms with Crippen molar-refractivity contribution in [2.24, 2.45) is 0 Å². The van der Waals surface area contributed by atoms with E-state index in [0.29, 0.717) is 25.1 Å². The molecule has 0 bridgehead atoms. The van der Waals surface area contributed by atoms with Gasteiger partial charge in [-0.05, 0) is 37.5 Å². The SMILES string of the molecule is Cc1ccc(C(=O)N2CC[C@@H](O)[C@@H]2Cc2ccccc2)o1. The number of aliphatic hydroxyl groups excluding tert-OH is 1. The van der Waals surface area contributed by atoms with Gasteiger partial charge in [-0.25, -0.2) is 0 Å². The predicted molar refractivity (Wildman–Crippen MR) is 79.0 cm³/mol. The van der Waals surface area contributed by atoms with Crippen molar-refractivity contribution in [1.82, 2.24) is 4.90 Å². The summed E-state index contributed by atoms with van der Waals surface area (Å²) in [6.07, 6.45) is 0.793. The van der Waals surface area contributed by atoms with Gasteiger partial charge in [-0.3, -0.25) is 4.79 Å². The van der Waals surface area contributed by atoms with Gasteiger partial charge in [-0.2, -0.15) is 0 Å². The third-order valence-electron chi connectivity index (χ3n) is 4.01. The van der Waals surface area contributed by atoms with Crippen LogP contribution >= 0.6 is 0 Å². The number of aliphatic hydroxyl groups is 1. The topological polar surface area (TPSA) is 53.7 Å². The molecule has 4 nitrogen and oxygen atoms in total. The minimum Gasteiger partial charge on any atom is -0.456 e. The van der Waals surface area contributed by atoms with Crippen molar-refractivity contribution < 1.29 is 14.3 Å². The van der Waals surface area contributed by atoms with Gasteiger partial charge in [0.2, 0.25) is 0 Å². The van der Waals surface area contributed by atoms with Gasteiger partial charge in [0.25, 0.3) is 5.91 Å².